The summed E-state index contributed by atoms with van der Waals surface area (Å²) in [7, 11) is 0. The van der Waals surface area contributed by atoms with Gasteiger partial charge >= 0.3 is 12.1 Å². The molecule has 1 unspecified atom stereocenters. The van der Waals surface area contributed by atoms with E-state index >= 15 is 0 Å². The summed E-state index contributed by atoms with van der Waals surface area (Å²) in [6.07, 6.45) is -2.07. The summed E-state index contributed by atoms with van der Waals surface area (Å²) in [6, 6.07) is 14.5. The van der Waals surface area contributed by atoms with Gasteiger partial charge in [-0.2, -0.15) is 0 Å². The lowest BCUT2D eigenvalue weighted by Gasteiger charge is -2.41. The van der Waals surface area contributed by atoms with Gasteiger partial charge in [-0.15, -0.1) is 0 Å². The number of nitrogens with zero attached hydrogens (tertiary/aromatic N) is 2. The first kappa shape index (κ1) is 27.6. The molecule has 1 saturated heterocycles. The molecule has 0 aliphatic carbocycles. The second-order valence-corrected chi connectivity index (χ2v) is 9.18. The smallest absolute Gasteiger partial charge is 0.407 e. The topological polar surface area (TPSA) is 165 Å². The van der Waals surface area contributed by atoms with Crippen LogP contribution in [0.4, 0.5) is 10.5 Å². The van der Waals surface area contributed by atoms with Gasteiger partial charge in [0.1, 0.15) is 13.2 Å². The van der Waals surface area contributed by atoms with Crippen LogP contribution in [-0.4, -0.2) is 56.2 Å². The van der Waals surface area contributed by atoms with Gasteiger partial charge in [-0.3, -0.25) is 24.6 Å². The minimum Gasteiger partial charge on any atom is -0.457 e. The van der Waals surface area contributed by atoms with E-state index in [9.17, 15) is 34.4 Å². The van der Waals surface area contributed by atoms with Gasteiger partial charge in [0.2, 0.25) is 12.1 Å². The third-order valence-electron chi connectivity index (χ3n) is 5.26. The van der Waals surface area contributed by atoms with Crippen molar-refractivity contribution < 1.29 is 38.7 Å². The quantitative estimate of drug-likeness (QED) is 0.137. The van der Waals surface area contributed by atoms with Gasteiger partial charge in [-0.1, -0.05) is 42.1 Å². The molecule has 0 bridgehead atoms. The van der Waals surface area contributed by atoms with Crippen molar-refractivity contribution in [2.24, 2.45) is 0 Å². The lowest BCUT2D eigenvalue weighted by atomic mass is 10.2. The first-order valence-corrected chi connectivity index (χ1v) is 12.2. The van der Waals surface area contributed by atoms with E-state index in [0.717, 1.165) is 22.2 Å². The molecular weight excluding hydrogens is 506 g/mol. The Hall–Kier alpha value is -3.97. The van der Waals surface area contributed by atoms with Crippen molar-refractivity contribution >= 4 is 40.5 Å². The Morgan fingerprint density at radius 3 is 2.38 bits per heavy atom. The molecule has 37 heavy (non-hydrogen) atoms. The summed E-state index contributed by atoms with van der Waals surface area (Å²) in [5, 5.41) is 22.5. The van der Waals surface area contributed by atoms with Crippen molar-refractivity contribution in [1.29, 1.82) is 0 Å². The molecule has 0 radical (unpaired) electrons. The monoisotopic (exact) mass is 531 g/mol. The highest BCUT2D eigenvalue weighted by Gasteiger charge is 2.45. The van der Waals surface area contributed by atoms with Crippen LogP contribution in [0.2, 0.25) is 0 Å². The number of nitro benzene ring substituents is 1. The lowest BCUT2D eigenvalue weighted by molar-refractivity contribution is -0.384. The van der Waals surface area contributed by atoms with E-state index in [-0.39, 0.29) is 43.4 Å². The number of non-ortho nitro benzene ring substituents is 1. The van der Waals surface area contributed by atoms with Gasteiger partial charge in [0.25, 0.3) is 5.69 Å². The Kier molecular flexibility index (Phi) is 9.98. The molecule has 0 spiro atoms. The largest absolute Gasteiger partial charge is 0.457 e. The minimum atomic E-state index is -1.88. The minimum absolute atomic E-state index is 0.0207. The van der Waals surface area contributed by atoms with Gasteiger partial charge in [0, 0.05) is 25.1 Å². The van der Waals surface area contributed by atoms with E-state index in [1.54, 1.807) is 0 Å². The number of carbonyl (C=O) groups is 4. The van der Waals surface area contributed by atoms with E-state index in [1.165, 1.54) is 24.3 Å². The van der Waals surface area contributed by atoms with Crippen LogP contribution in [0.3, 0.4) is 0 Å². The van der Waals surface area contributed by atoms with Crippen molar-refractivity contribution in [3.05, 3.63) is 75.8 Å². The lowest BCUT2D eigenvalue weighted by Crippen LogP contribution is -2.59. The van der Waals surface area contributed by atoms with E-state index in [2.05, 4.69) is 5.32 Å². The number of esters is 1. The normalized spacial score (nSPS) is 15.3. The molecule has 13 heteroatoms. The van der Waals surface area contributed by atoms with Gasteiger partial charge < -0.3 is 19.9 Å². The molecule has 2 aromatic carbocycles. The molecule has 2 N–H and O–H groups in total. The molecular formula is C24H25N3O9S. The maximum atomic E-state index is 12.3. The van der Waals surface area contributed by atoms with Crippen LogP contribution in [0.15, 0.2) is 54.6 Å². The fourth-order valence-electron chi connectivity index (χ4n) is 3.26. The van der Waals surface area contributed by atoms with E-state index in [0.29, 0.717) is 12.0 Å². The summed E-state index contributed by atoms with van der Waals surface area (Å²) in [5.41, 5.74) is 1.19. The zero-order valence-corrected chi connectivity index (χ0v) is 20.4. The van der Waals surface area contributed by atoms with Gasteiger partial charge in [-0.25, -0.2) is 9.59 Å². The highest BCUT2D eigenvalue weighted by molar-refractivity contribution is 8.14. The van der Waals surface area contributed by atoms with Crippen LogP contribution < -0.4 is 5.32 Å². The van der Waals surface area contributed by atoms with Crippen LogP contribution >= 0.6 is 11.8 Å². The summed E-state index contributed by atoms with van der Waals surface area (Å²) < 4.78 is 10.1. The second-order valence-electron chi connectivity index (χ2n) is 7.95. The van der Waals surface area contributed by atoms with Crippen molar-refractivity contribution in [3.63, 3.8) is 0 Å². The molecule has 2 atom stereocenters. The SMILES string of the molecule is O=C(NCCCC(=O)S[C@@H]1CC(=O)N1C(O)C(=O)OCc1ccc([N+](=O)[O-])cc1)OCc1ccccc1. The Labute approximate surface area is 216 Å². The predicted octanol–water partition coefficient (Wildman–Crippen LogP) is 2.48. The van der Waals surface area contributed by atoms with Crippen LogP contribution in [0.1, 0.15) is 30.4 Å². The molecule has 12 nitrogen and oxygen atoms in total. The number of rotatable bonds is 12. The predicted molar refractivity (Wildman–Crippen MR) is 131 cm³/mol. The Morgan fingerprint density at radius 2 is 1.73 bits per heavy atom. The number of carbonyl (C=O) groups excluding carboxylic acids is 4. The fourth-order valence-corrected chi connectivity index (χ4v) is 4.40. The van der Waals surface area contributed by atoms with Crippen molar-refractivity contribution in [1.82, 2.24) is 10.2 Å². The molecule has 1 heterocycles. The van der Waals surface area contributed by atoms with E-state index < -0.39 is 34.5 Å². The summed E-state index contributed by atoms with van der Waals surface area (Å²) >= 11 is 0.820. The van der Waals surface area contributed by atoms with Gasteiger partial charge in [0.15, 0.2) is 5.12 Å². The number of hydrogen-bond donors (Lipinski definition) is 2. The van der Waals surface area contributed by atoms with Gasteiger partial charge in [0.05, 0.1) is 16.7 Å². The summed E-state index contributed by atoms with van der Waals surface area (Å²) in [4.78, 5) is 59.2. The highest BCUT2D eigenvalue weighted by Crippen LogP contribution is 2.32. The van der Waals surface area contributed by atoms with Crippen molar-refractivity contribution in [2.75, 3.05) is 6.54 Å². The van der Waals surface area contributed by atoms with Crippen LogP contribution in [0, 0.1) is 10.1 Å². The number of β-lactam (4-membered cyclic amide) rings is 1. The Balaban J connectivity index is 1.34. The number of benzene rings is 2. The first-order chi connectivity index (χ1) is 17.7. The maximum Gasteiger partial charge on any atom is 0.407 e. The zero-order chi connectivity index (χ0) is 26.8. The number of nitrogens with one attached hydrogen (secondary N) is 1. The average molecular weight is 532 g/mol. The van der Waals surface area contributed by atoms with Crippen LogP contribution in [0.5, 0.6) is 0 Å². The number of thioether (sulfide) groups is 1. The summed E-state index contributed by atoms with van der Waals surface area (Å²) in [6.45, 7) is 0.0872. The fraction of sp³-hybridized carbons (Fsp3) is 0.333. The van der Waals surface area contributed by atoms with Crippen molar-refractivity contribution in [3.8, 4) is 0 Å². The summed E-state index contributed by atoms with van der Waals surface area (Å²) in [5.74, 6) is -1.59. The van der Waals surface area contributed by atoms with E-state index in [1.807, 2.05) is 30.3 Å². The van der Waals surface area contributed by atoms with Gasteiger partial charge in [-0.05, 0) is 29.7 Å². The number of likely N-dealkylation sites (tertiary alicyclic amines) is 1. The third-order valence-corrected chi connectivity index (χ3v) is 6.39. The molecule has 196 valence electrons. The molecule has 2 aromatic rings. The molecule has 2 amide bonds. The number of hydrogen-bond acceptors (Lipinski definition) is 10. The standard InChI is InChI=1S/C24H25N3O9S/c28-19-13-20(26(19)22(30)23(31)35-14-17-8-10-18(11-9-17)27(33)34)37-21(29)7-4-12-25-24(32)36-15-16-5-2-1-3-6-16/h1-3,5-6,8-11,20,22,30H,4,7,12-15H2,(H,25,32)/t20-,22?/m1/s1. The molecule has 1 aliphatic heterocycles. The molecule has 1 fully saturated rings. The number of alkyl carbamates (subject to hydrolysis) is 1. The zero-order valence-electron chi connectivity index (χ0n) is 19.6. The second kappa shape index (κ2) is 13.4. The number of nitro groups is 1. The maximum absolute atomic E-state index is 12.3. The van der Waals surface area contributed by atoms with E-state index in [4.69, 9.17) is 9.47 Å². The number of ether oxygens (including phenoxy) is 2. The number of aliphatic hydroxyl groups excluding tert-OH is 1. The molecule has 1 aliphatic rings. The first-order valence-electron chi connectivity index (χ1n) is 11.3. The molecule has 3 rings (SSSR count). The Bertz CT molecular complexity index is 1130. The molecule has 0 aromatic heterocycles. The van der Waals surface area contributed by atoms with Crippen molar-refractivity contribution in [2.45, 2.75) is 44.1 Å². The molecule has 0 saturated carbocycles. The average Bonchev–Trinajstić information content (AvgIpc) is 2.88. The third kappa shape index (κ3) is 8.29. The Morgan fingerprint density at radius 1 is 1.08 bits per heavy atom. The van der Waals surface area contributed by atoms with Crippen LogP contribution in [0.25, 0.3) is 0 Å². The number of aliphatic hydroxyl groups is 1. The highest BCUT2D eigenvalue weighted by atomic mass is 32.2. The number of amides is 2. The van der Waals surface area contributed by atoms with Crippen LogP contribution in [-0.2, 0) is 37.1 Å².